The number of carbonyl (C=O) groups is 2. The van der Waals surface area contributed by atoms with Crippen molar-refractivity contribution >= 4 is 17.7 Å². The Morgan fingerprint density at radius 1 is 1.24 bits per heavy atom. The number of carbonyl (C=O) groups excluding carboxylic acids is 1. The lowest BCUT2D eigenvalue weighted by molar-refractivity contribution is -0.135. The van der Waals surface area contributed by atoms with Crippen LogP contribution in [0.1, 0.15) is 25.7 Å². The predicted molar refractivity (Wildman–Crippen MR) is 79.2 cm³/mol. The van der Waals surface area contributed by atoms with Crippen molar-refractivity contribution in [2.24, 2.45) is 11.3 Å². The fourth-order valence-electron chi connectivity index (χ4n) is 2.96. The molecule has 5 heteroatoms. The highest BCUT2D eigenvalue weighted by molar-refractivity contribution is 5.96. The standard InChI is InChI=1S/C16H20N2O3/c19-14(20)10-18(13-4-2-1-3-5-13)15(21)17-11-16(8-9-16)12-6-7-12/h1-5,12H,6-11H2,(H,17,21)(H,19,20). The zero-order valence-corrected chi connectivity index (χ0v) is 11.9. The monoisotopic (exact) mass is 288 g/mol. The van der Waals surface area contributed by atoms with E-state index in [0.717, 1.165) is 5.92 Å². The number of hydrogen-bond acceptors (Lipinski definition) is 2. The first-order valence-electron chi connectivity index (χ1n) is 7.43. The quantitative estimate of drug-likeness (QED) is 0.845. The highest BCUT2D eigenvalue weighted by atomic mass is 16.4. The summed E-state index contributed by atoms with van der Waals surface area (Å²) in [5.74, 6) is -0.250. The van der Waals surface area contributed by atoms with Crippen molar-refractivity contribution < 1.29 is 14.7 Å². The molecule has 0 radical (unpaired) electrons. The third-order valence-electron chi connectivity index (χ3n) is 4.53. The Morgan fingerprint density at radius 3 is 2.43 bits per heavy atom. The number of urea groups is 1. The Balaban J connectivity index is 1.64. The van der Waals surface area contributed by atoms with E-state index in [1.807, 2.05) is 6.07 Å². The third-order valence-corrected chi connectivity index (χ3v) is 4.53. The number of carboxylic acid groups (broad SMARTS) is 1. The van der Waals surface area contributed by atoms with E-state index in [4.69, 9.17) is 5.11 Å². The molecule has 3 rings (SSSR count). The maximum Gasteiger partial charge on any atom is 0.323 e. The first-order chi connectivity index (χ1) is 10.1. The van der Waals surface area contributed by atoms with E-state index in [1.165, 1.54) is 30.6 Å². The Kier molecular flexibility index (Phi) is 3.57. The van der Waals surface area contributed by atoms with Gasteiger partial charge in [-0.3, -0.25) is 9.69 Å². The SMILES string of the molecule is O=C(O)CN(C(=O)NCC1(C2CC2)CC1)c1ccccc1. The molecule has 21 heavy (non-hydrogen) atoms. The molecule has 0 atom stereocenters. The van der Waals surface area contributed by atoms with Gasteiger partial charge in [-0.2, -0.15) is 0 Å². The molecule has 2 aliphatic carbocycles. The van der Waals surface area contributed by atoms with Crippen molar-refractivity contribution in [3.05, 3.63) is 30.3 Å². The number of aliphatic carboxylic acids is 1. The minimum absolute atomic E-state index is 0.307. The van der Waals surface area contributed by atoms with Crippen molar-refractivity contribution in [2.75, 3.05) is 18.0 Å². The molecule has 0 unspecified atom stereocenters. The fourth-order valence-corrected chi connectivity index (χ4v) is 2.96. The van der Waals surface area contributed by atoms with E-state index in [0.29, 0.717) is 17.6 Å². The molecule has 0 aromatic heterocycles. The van der Waals surface area contributed by atoms with Crippen LogP contribution in [0.25, 0.3) is 0 Å². The highest BCUT2D eigenvalue weighted by Crippen LogP contribution is 2.60. The van der Waals surface area contributed by atoms with Crippen molar-refractivity contribution in [3.8, 4) is 0 Å². The zero-order valence-electron chi connectivity index (χ0n) is 11.9. The molecular formula is C16H20N2O3. The Morgan fingerprint density at radius 2 is 1.90 bits per heavy atom. The van der Waals surface area contributed by atoms with Gasteiger partial charge in [-0.05, 0) is 49.1 Å². The molecule has 0 bridgehead atoms. The summed E-state index contributed by atoms with van der Waals surface area (Å²) in [5.41, 5.74) is 0.912. The van der Waals surface area contributed by atoms with E-state index in [2.05, 4.69) is 5.32 Å². The lowest BCUT2D eigenvalue weighted by atomic mass is 10.0. The molecule has 2 saturated carbocycles. The number of hydrogen-bond donors (Lipinski definition) is 2. The zero-order chi connectivity index (χ0) is 14.9. The number of para-hydroxylation sites is 1. The lowest BCUT2D eigenvalue weighted by Gasteiger charge is -2.23. The van der Waals surface area contributed by atoms with Gasteiger partial charge in [0, 0.05) is 12.2 Å². The minimum atomic E-state index is -1.02. The van der Waals surface area contributed by atoms with Crippen molar-refractivity contribution in [3.63, 3.8) is 0 Å². The van der Waals surface area contributed by atoms with Crippen LogP contribution in [0.3, 0.4) is 0 Å². The van der Waals surface area contributed by atoms with Crippen LogP contribution in [-0.4, -0.2) is 30.2 Å². The van der Waals surface area contributed by atoms with Gasteiger partial charge < -0.3 is 10.4 Å². The molecule has 0 heterocycles. The molecule has 0 saturated heterocycles. The van der Waals surface area contributed by atoms with Crippen LogP contribution in [0.15, 0.2) is 30.3 Å². The number of anilines is 1. The van der Waals surface area contributed by atoms with E-state index < -0.39 is 5.97 Å². The van der Waals surface area contributed by atoms with E-state index in [1.54, 1.807) is 24.3 Å². The van der Waals surface area contributed by atoms with E-state index in [9.17, 15) is 9.59 Å². The third kappa shape index (κ3) is 3.17. The van der Waals surface area contributed by atoms with Gasteiger partial charge >= 0.3 is 12.0 Å². The first-order valence-corrected chi connectivity index (χ1v) is 7.43. The number of rotatable bonds is 6. The van der Waals surface area contributed by atoms with Crippen LogP contribution in [0.5, 0.6) is 0 Å². The summed E-state index contributed by atoms with van der Waals surface area (Å²) >= 11 is 0. The summed E-state index contributed by atoms with van der Waals surface area (Å²) in [7, 11) is 0. The van der Waals surface area contributed by atoms with Crippen LogP contribution in [0, 0.1) is 11.3 Å². The molecule has 112 valence electrons. The first kappa shape index (κ1) is 13.9. The van der Waals surface area contributed by atoms with Gasteiger partial charge in [-0.15, -0.1) is 0 Å². The lowest BCUT2D eigenvalue weighted by Crippen LogP contribution is -2.45. The molecule has 1 aromatic carbocycles. The molecule has 2 aliphatic rings. The topological polar surface area (TPSA) is 69.6 Å². The van der Waals surface area contributed by atoms with E-state index >= 15 is 0 Å². The number of nitrogens with one attached hydrogen (secondary N) is 1. The summed E-state index contributed by atoms with van der Waals surface area (Å²) in [6.45, 7) is 0.339. The Bertz CT molecular complexity index is 536. The molecule has 5 nitrogen and oxygen atoms in total. The second-order valence-electron chi connectivity index (χ2n) is 6.11. The average Bonchev–Trinajstić information content (AvgIpc) is 3.36. The van der Waals surface area contributed by atoms with Crippen molar-refractivity contribution in [1.29, 1.82) is 0 Å². The number of benzene rings is 1. The van der Waals surface area contributed by atoms with Crippen LogP contribution in [0.2, 0.25) is 0 Å². The summed E-state index contributed by atoms with van der Waals surface area (Å²) in [5, 5.41) is 11.9. The van der Waals surface area contributed by atoms with Crippen LogP contribution in [0.4, 0.5) is 10.5 Å². The average molecular weight is 288 g/mol. The molecule has 2 N–H and O–H groups in total. The molecule has 2 fully saturated rings. The largest absolute Gasteiger partial charge is 0.480 e. The van der Waals surface area contributed by atoms with Crippen LogP contribution < -0.4 is 10.2 Å². The molecular weight excluding hydrogens is 268 g/mol. The second-order valence-corrected chi connectivity index (χ2v) is 6.11. The van der Waals surface area contributed by atoms with Gasteiger partial charge in [0.2, 0.25) is 0 Å². The number of nitrogens with zero attached hydrogens (tertiary/aromatic N) is 1. The second kappa shape index (κ2) is 5.39. The van der Waals surface area contributed by atoms with Gasteiger partial charge in [0.05, 0.1) is 0 Å². The Hall–Kier alpha value is -2.04. The number of amides is 2. The van der Waals surface area contributed by atoms with Crippen molar-refractivity contribution in [1.82, 2.24) is 5.32 Å². The minimum Gasteiger partial charge on any atom is -0.480 e. The smallest absolute Gasteiger partial charge is 0.323 e. The number of carboxylic acids is 1. The van der Waals surface area contributed by atoms with Gasteiger partial charge in [0.1, 0.15) is 6.54 Å². The summed E-state index contributed by atoms with van der Waals surface area (Å²) in [6.07, 6.45) is 4.91. The van der Waals surface area contributed by atoms with Crippen LogP contribution in [-0.2, 0) is 4.79 Å². The summed E-state index contributed by atoms with van der Waals surface area (Å²) in [6, 6.07) is 8.60. The predicted octanol–water partition coefficient (Wildman–Crippen LogP) is 2.48. The van der Waals surface area contributed by atoms with Crippen LogP contribution >= 0.6 is 0 Å². The van der Waals surface area contributed by atoms with Crippen molar-refractivity contribution in [2.45, 2.75) is 25.7 Å². The molecule has 0 aliphatic heterocycles. The molecule has 1 aromatic rings. The molecule has 0 spiro atoms. The molecule has 2 amide bonds. The maximum absolute atomic E-state index is 12.3. The summed E-state index contributed by atoms with van der Waals surface area (Å²) < 4.78 is 0. The van der Waals surface area contributed by atoms with Gasteiger partial charge in [0.15, 0.2) is 0 Å². The Labute approximate surface area is 123 Å². The van der Waals surface area contributed by atoms with E-state index in [-0.39, 0.29) is 12.6 Å². The van der Waals surface area contributed by atoms with Gasteiger partial charge in [-0.1, -0.05) is 18.2 Å². The normalized spacial score (nSPS) is 18.9. The van der Waals surface area contributed by atoms with Gasteiger partial charge in [0.25, 0.3) is 0 Å². The highest BCUT2D eigenvalue weighted by Gasteiger charge is 2.53. The fraction of sp³-hybridized carbons (Fsp3) is 0.500. The summed E-state index contributed by atoms with van der Waals surface area (Å²) in [4.78, 5) is 24.6. The maximum atomic E-state index is 12.3. The van der Waals surface area contributed by atoms with Gasteiger partial charge in [-0.25, -0.2) is 4.79 Å².